The number of anilines is 1. The van der Waals surface area contributed by atoms with E-state index in [-0.39, 0.29) is 10.7 Å². The molecule has 0 radical (unpaired) electrons. The predicted octanol–water partition coefficient (Wildman–Crippen LogP) is 4.71. The number of morpholine rings is 1. The highest BCUT2D eigenvalue weighted by atomic mass is 32.2. The maximum atomic E-state index is 12.7. The van der Waals surface area contributed by atoms with Crippen LogP contribution in [0.1, 0.15) is 30.0 Å². The third kappa shape index (κ3) is 5.73. The minimum absolute atomic E-state index is 0.107. The first-order valence-corrected chi connectivity index (χ1v) is 13.2. The number of rotatable bonds is 9. The van der Waals surface area contributed by atoms with Crippen LogP contribution in [0.25, 0.3) is 17.4 Å². The molecule has 0 saturated carbocycles. The second kappa shape index (κ2) is 11.0. The van der Waals surface area contributed by atoms with E-state index in [1.165, 1.54) is 10.4 Å². The molecule has 1 aliphatic heterocycles. The van der Waals surface area contributed by atoms with E-state index < -0.39 is 10.0 Å². The number of ketones is 1. The highest BCUT2D eigenvalue weighted by Gasteiger charge is 2.21. The molecule has 1 fully saturated rings. The zero-order chi connectivity index (χ0) is 24.8. The number of benzene rings is 2. The van der Waals surface area contributed by atoms with Gasteiger partial charge in [0.05, 0.1) is 18.1 Å². The first-order chi connectivity index (χ1) is 16.9. The third-order valence-corrected chi connectivity index (χ3v) is 8.08. The first-order valence-electron chi connectivity index (χ1n) is 11.8. The third-order valence-electron chi connectivity index (χ3n) is 6.01. The van der Waals surface area contributed by atoms with Crippen LogP contribution in [-0.4, -0.2) is 57.9 Å². The van der Waals surface area contributed by atoms with Crippen molar-refractivity contribution in [1.82, 2.24) is 4.31 Å². The molecule has 1 saturated heterocycles. The Hall–Kier alpha value is -3.20. The predicted molar refractivity (Wildman–Crippen MR) is 137 cm³/mol. The molecule has 3 aromatic rings. The molecule has 184 valence electrons. The Bertz CT molecular complexity index is 1290. The van der Waals surface area contributed by atoms with E-state index in [9.17, 15) is 13.2 Å². The molecule has 1 aliphatic rings. The standard InChI is InChI=1S/C27H30N2O5S/c1-3-29(4-2)35(31,32)25-12-8-21(9-13-25)27-15-11-24(34-27)10-14-26(30)22-6-5-7-23(20-22)28-16-18-33-19-17-28/h5-15,20H,3-4,16-19H2,1-2H3. The van der Waals surface area contributed by atoms with Gasteiger partial charge in [-0.15, -0.1) is 0 Å². The summed E-state index contributed by atoms with van der Waals surface area (Å²) in [5, 5.41) is 0. The number of hydrogen-bond acceptors (Lipinski definition) is 6. The molecule has 0 aliphatic carbocycles. The molecular weight excluding hydrogens is 464 g/mol. The Morgan fingerprint density at radius 3 is 2.40 bits per heavy atom. The van der Waals surface area contributed by atoms with Gasteiger partial charge in [-0.3, -0.25) is 4.79 Å². The number of sulfonamides is 1. The van der Waals surface area contributed by atoms with Gasteiger partial charge in [0, 0.05) is 43.0 Å². The van der Waals surface area contributed by atoms with Gasteiger partial charge in [-0.2, -0.15) is 4.31 Å². The van der Waals surface area contributed by atoms with E-state index in [0.29, 0.717) is 43.4 Å². The zero-order valence-corrected chi connectivity index (χ0v) is 20.8. The molecule has 2 heterocycles. The normalized spacial score (nSPS) is 14.7. The van der Waals surface area contributed by atoms with Crippen molar-refractivity contribution in [2.45, 2.75) is 18.7 Å². The summed E-state index contributed by atoms with van der Waals surface area (Å²) in [7, 11) is -3.51. The zero-order valence-electron chi connectivity index (χ0n) is 20.0. The fourth-order valence-electron chi connectivity index (χ4n) is 4.03. The van der Waals surface area contributed by atoms with E-state index in [1.807, 2.05) is 32.0 Å². The highest BCUT2D eigenvalue weighted by molar-refractivity contribution is 7.89. The summed E-state index contributed by atoms with van der Waals surface area (Å²) in [6.45, 7) is 7.48. The molecule has 1 aromatic heterocycles. The lowest BCUT2D eigenvalue weighted by Crippen LogP contribution is -2.36. The fraction of sp³-hybridized carbons (Fsp3) is 0.296. The SMILES string of the molecule is CCN(CC)S(=O)(=O)c1ccc(-c2ccc(C=CC(=O)c3cccc(N4CCOCC4)c3)o2)cc1. The van der Waals surface area contributed by atoms with E-state index in [0.717, 1.165) is 24.3 Å². The number of nitrogens with zero attached hydrogens (tertiary/aromatic N) is 2. The van der Waals surface area contributed by atoms with Crippen LogP contribution in [0.4, 0.5) is 5.69 Å². The van der Waals surface area contributed by atoms with Crippen LogP contribution in [0.15, 0.2) is 76.1 Å². The number of carbonyl (C=O) groups excluding carboxylic acids is 1. The topological polar surface area (TPSA) is 80.1 Å². The molecule has 0 amide bonds. The summed E-state index contributed by atoms with van der Waals surface area (Å²) in [4.78, 5) is 15.2. The van der Waals surface area contributed by atoms with Gasteiger partial charge in [0.25, 0.3) is 0 Å². The van der Waals surface area contributed by atoms with Gasteiger partial charge < -0.3 is 14.1 Å². The summed E-state index contributed by atoms with van der Waals surface area (Å²) in [5.74, 6) is 1.03. The van der Waals surface area contributed by atoms with Crippen LogP contribution in [-0.2, 0) is 14.8 Å². The van der Waals surface area contributed by atoms with Crippen molar-refractivity contribution < 1.29 is 22.4 Å². The lowest BCUT2D eigenvalue weighted by atomic mass is 10.1. The number of carbonyl (C=O) groups is 1. The second-order valence-corrected chi connectivity index (χ2v) is 10.1. The number of ether oxygens (including phenoxy) is 1. The monoisotopic (exact) mass is 494 g/mol. The fourth-order valence-corrected chi connectivity index (χ4v) is 5.49. The van der Waals surface area contributed by atoms with Crippen molar-refractivity contribution in [3.05, 3.63) is 78.1 Å². The van der Waals surface area contributed by atoms with Crippen LogP contribution in [0.3, 0.4) is 0 Å². The van der Waals surface area contributed by atoms with Crippen molar-refractivity contribution in [1.29, 1.82) is 0 Å². The smallest absolute Gasteiger partial charge is 0.243 e. The largest absolute Gasteiger partial charge is 0.457 e. The molecule has 7 nitrogen and oxygen atoms in total. The van der Waals surface area contributed by atoms with Crippen molar-refractivity contribution in [2.75, 3.05) is 44.3 Å². The lowest BCUT2D eigenvalue weighted by molar-refractivity contribution is 0.104. The Balaban J connectivity index is 1.45. The Morgan fingerprint density at radius 2 is 1.71 bits per heavy atom. The van der Waals surface area contributed by atoms with Crippen LogP contribution in [0.5, 0.6) is 0 Å². The van der Waals surface area contributed by atoms with E-state index in [1.54, 1.807) is 48.5 Å². The lowest BCUT2D eigenvalue weighted by Gasteiger charge is -2.29. The molecule has 4 rings (SSSR count). The average molecular weight is 495 g/mol. The molecule has 0 atom stereocenters. The van der Waals surface area contributed by atoms with Crippen LogP contribution < -0.4 is 4.90 Å². The van der Waals surface area contributed by atoms with E-state index >= 15 is 0 Å². The van der Waals surface area contributed by atoms with Gasteiger partial charge in [0.1, 0.15) is 11.5 Å². The van der Waals surface area contributed by atoms with Gasteiger partial charge in [0.2, 0.25) is 10.0 Å². The maximum Gasteiger partial charge on any atom is 0.243 e. The summed E-state index contributed by atoms with van der Waals surface area (Å²) in [6.07, 6.45) is 3.15. The Kier molecular flexibility index (Phi) is 7.85. The first kappa shape index (κ1) is 24.9. The molecule has 2 aromatic carbocycles. The van der Waals surface area contributed by atoms with Crippen molar-refractivity contribution in [3.8, 4) is 11.3 Å². The van der Waals surface area contributed by atoms with Gasteiger partial charge in [-0.25, -0.2) is 8.42 Å². The highest BCUT2D eigenvalue weighted by Crippen LogP contribution is 2.26. The molecule has 0 spiro atoms. The number of allylic oxidation sites excluding steroid dienone is 1. The number of hydrogen-bond donors (Lipinski definition) is 0. The molecule has 0 bridgehead atoms. The van der Waals surface area contributed by atoms with Crippen LogP contribution >= 0.6 is 0 Å². The van der Waals surface area contributed by atoms with Crippen molar-refractivity contribution in [3.63, 3.8) is 0 Å². The molecular formula is C27H30N2O5S. The summed E-state index contributed by atoms with van der Waals surface area (Å²) < 4.78 is 38.0. The summed E-state index contributed by atoms with van der Waals surface area (Å²) in [6, 6.07) is 17.8. The maximum absolute atomic E-state index is 12.7. The second-order valence-electron chi connectivity index (χ2n) is 8.16. The quantitative estimate of drug-likeness (QED) is 0.317. The molecule has 0 unspecified atom stereocenters. The minimum atomic E-state index is -3.51. The van der Waals surface area contributed by atoms with Gasteiger partial charge in [-0.1, -0.05) is 26.0 Å². The molecule has 0 N–H and O–H groups in total. The van der Waals surface area contributed by atoms with Gasteiger partial charge in [0.15, 0.2) is 5.78 Å². The number of furan rings is 1. The average Bonchev–Trinajstić information content (AvgIpc) is 3.37. The van der Waals surface area contributed by atoms with E-state index in [4.69, 9.17) is 9.15 Å². The Labute approximate surface area is 206 Å². The van der Waals surface area contributed by atoms with E-state index in [2.05, 4.69) is 4.90 Å². The molecule has 35 heavy (non-hydrogen) atoms. The molecule has 8 heteroatoms. The van der Waals surface area contributed by atoms with Crippen LogP contribution in [0, 0.1) is 0 Å². The van der Waals surface area contributed by atoms with Crippen LogP contribution in [0.2, 0.25) is 0 Å². The van der Waals surface area contributed by atoms with Crippen molar-refractivity contribution >= 4 is 27.6 Å². The summed E-state index contributed by atoms with van der Waals surface area (Å²) in [5.41, 5.74) is 2.38. The van der Waals surface area contributed by atoms with Crippen molar-refractivity contribution in [2.24, 2.45) is 0 Å². The minimum Gasteiger partial charge on any atom is -0.457 e. The van der Waals surface area contributed by atoms with Gasteiger partial charge in [-0.05, 0) is 60.7 Å². The Morgan fingerprint density at radius 1 is 1.00 bits per heavy atom. The summed E-state index contributed by atoms with van der Waals surface area (Å²) >= 11 is 0. The van der Waals surface area contributed by atoms with Gasteiger partial charge >= 0.3 is 0 Å².